The van der Waals surface area contributed by atoms with E-state index in [1.54, 1.807) is 31.2 Å². The first-order valence-electron chi connectivity index (χ1n) is 5.10. The second-order valence-corrected chi connectivity index (χ2v) is 4.76. The van der Waals surface area contributed by atoms with Crippen molar-refractivity contribution < 1.29 is 9.53 Å². The van der Waals surface area contributed by atoms with E-state index in [9.17, 15) is 4.79 Å². The third-order valence-corrected chi connectivity index (χ3v) is 3.48. The summed E-state index contributed by atoms with van der Waals surface area (Å²) in [4.78, 5) is 11.9. The summed E-state index contributed by atoms with van der Waals surface area (Å²) >= 11 is 11.8. The fourth-order valence-electron chi connectivity index (χ4n) is 1.67. The lowest BCUT2D eigenvalue weighted by Gasteiger charge is -2.26. The molecule has 92 valence electrons. The van der Waals surface area contributed by atoms with Crippen molar-refractivity contribution in [1.82, 2.24) is 0 Å². The number of carbonyl (C=O) groups excluding carboxylic acids is 1. The number of methoxy groups -OCH3 is 1. The minimum atomic E-state index is -0.787. The Kier molecular flexibility index (Phi) is 4.61. The minimum absolute atomic E-state index is 0.323. The SMILES string of the molecule is C=CC[C@@](C)(C(=O)OC)c1ccc(Cl)c(Cl)c1. The van der Waals surface area contributed by atoms with E-state index in [1.807, 2.05) is 0 Å². The van der Waals surface area contributed by atoms with Crippen LogP contribution in [0.4, 0.5) is 0 Å². The van der Waals surface area contributed by atoms with E-state index in [-0.39, 0.29) is 5.97 Å². The normalized spacial score (nSPS) is 13.9. The highest BCUT2D eigenvalue weighted by atomic mass is 35.5. The Labute approximate surface area is 111 Å². The standard InChI is InChI=1S/C13H14Cl2O2/c1-4-7-13(2,12(16)17-3)9-5-6-10(14)11(15)8-9/h4-6,8H,1,7H2,2-3H3/t13-/m1/s1. The second-order valence-electron chi connectivity index (χ2n) is 3.95. The fourth-order valence-corrected chi connectivity index (χ4v) is 1.97. The van der Waals surface area contributed by atoms with Gasteiger partial charge in [0, 0.05) is 0 Å². The first-order chi connectivity index (χ1) is 7.95. The van der Waals surface area contributed by atoms with Gasteiger partial charge in [-0.05, 0) is 31.0 Å². The molecular weight excluding hydrogens is 259 g/mol. The van der Waals surface area contributed by atoms with Crippen LogP contribution in [0.15, 0.2) is 30.9 Å². The topological polar surface area (TPSA) is 26.3 Å². The van der Waals surface area contributed by atoms with Gasteiger partial charge in [-0.3, -0.25) is 4.79 Å². The van der Waals surface area contributed by atoms with Crippen molar-refractivity contribution in [2.75, 3.05) is 7.11 Å². The summed E-state index contributed by atoms with van der Waals surface area (Å²) in [5, 5.41) is 0.879. The molecule has 0 unspecified atom stereocenters. The third-order valence-electron chi connectivity index (χ3n) is 2.75. The van der Waals surface area contributed by atoms with Crippen molar-refractivity contribution in [2.45, 2.75) is 18.8 Å². The summed E-state index contributed by atoms with van der Waals surface area (Å²) in [5.74, 6) is -0.323. The summed E-state index contributed by atoms with van der Waals surface area (Å²) in [6.07, 6.45) is 2.15. The molecule has 0 radical (unpaired) electrons. The maximum absolute atomic E-state index is 11.9. The lowest BCUT2D eigenvalue weighted by Crippen LogP contribution is -2.33. The Morgan fingerprint density at radius 3 is 2.59 bits per heavy atom. The van der Waals surface area contributed by atoms with Crippen molar-refractivity contribution in [3.63, 3.8) is 0 Å². The fraction of sp³-hybridized carbons (Fsp3) is 0.308. The number of hydrogen-bond acceptors (Lipinski definition) is 2. The van der Waals surface area contributed by atoms with Crippen LogP contribution in [-0.2, 0) is 14.9 Å². The van der Waals surface area contributed by atoms with Crippen LogP contribution in [-0.4, -0.2) is 13.1 Å². The number of hydrogen-bond donors (Lipinski definition) is 0. The Bertz CT molecular complexity index is 443. The molecule has 0 aromatic heterocycles. The predicted octanol–water partition coefficient (Wildman–Crippen LogP) is 4.00. The van der Waals surface area contributed by atoms with E-state index in [0.29, 0.717) is 16.5 Å². The van der Waals surface area contributed by atoms with Crippen LogP contribution in [0.25, 0.3) is 0 Å². The zero-order valence-corrected chi connectivity index (χ0v) is 11.3. The van der Waals surface area contributed by atoms with Gasteiger partial charge in [-0.1, -0.05) is 35.3 Å². The third kappa shape index (κ3) is 2.82. The molecule has 0 amide bonds. The number of esters is 1. The molecule has 0 fully saturated rings. The smallest absolute Gasteiger partial charge is 0.316 e. The zero-order valence-electron chi connectivity index (χ0n) is 9.80. The largest absolute Gasteiger partial charge is 0.468 e. The molecule has 17 heavy (non-hydrogen) atoms. The van der Waals surface area contributed by atoms with Gasteiger partial charge in [0.25, 0.3) is 0 Å². The maximum atomic E-state index is 11.9. The first-order valence-corrected chi connectivity index (χ1v) is 5.86. The molecule has 4 heteroatoms. The molecule has 0 N–H and O–H groups in total. The molecular formula is C13H14Cl2O2. The maximum Gasteiger partial charge on any atom is 0.316 e. The van der Waals surface area contributed by atoms with Gasteiger partial charge < -0.3 is 4.74 Å². The Morgan fingerprint density at radius 2 is 2.12 bits per heavy atom. The summed E-state index contributed by atoms with van der Waals surface area (Å²) < 4.78 is 4.83. The molecule has 1 aromatic rings. The molecule has 2 nitrogen and oxygen atoms in total. The predicted molar refractivity (Wildman–Crippen MR) is 70.6 cm³/mol. The van der Waals surface area contributed by atoms with Crippen LogP contribution < -0.4 is 0 Å². The molecule has 0 saturated heterocycles. The lowest BCUT2D eigenvalue weighted by molar-refractivity contribution is -0.146. The van der Waals surface area contributed by atoms with E-state index >= 15 is 0 Å². The van der Waals surface area contributed by atoms with Crippen molar-refractivity contribution in [3.05, 3.63) is 46.5 Å². The van der Waals surface area contributed by atoms with Crippen molar-refractivity contribution in [3.8, 4) is 0 Å². The van der Waals surface area contributed by atoms with Gasteiger partial charge in [0.2, 0.25) is 0 Å². The molecule has 0 bridgehead atoms. The van der Waals surface area contributed by atoms with Gasteiger partial charge in [-0.15, -0.1) is 6.58 Å². The average molecular weight is 273 g/mol. The Morgan fingerprint density at radius 1 is 1.47 bits per heavy atom. The van der Waals surface area contributed by atoms with Crippen molar-refractivity contribution >= 4 is 29.2 Å². The Hall–Kier alpha value is -0.990. The molecule has 0 saturated carbocycles. The second kappa shape index (κ2) is 5.56. The van der Waals surface area contributed by atoms with Crippen LogP contribution >= 0.6 is 23.2 Å². The molecule has 0 aliphatic heterocycles. The monoisotopic (exact) mass is 272 g/mol. The highest BCUT2D eigenvalue weighted by Crippen LogP contribution is 2.33. The molecule has 0 aliphatic carbocycles. The number of carbonyl (C=O) groups is 1. The van der Waals surface area contributed by atoms with Gasteiger partial charge in [-0.25, -0.2) is 0 Å². The summed E-state index contributed by atoms with van der Waals surface area (Å²) in [7, 11) is 1.36. The van der Waals surface area contributed by atoms with Gasteiger partial charge in [0.05, 0.1) is 22.6 Å². The van der Waals surface area contributed by atoms with E-state index in [2.05, 4.69) is 6.58 Å². The van der Waals surface area contributed by atoms with Crippen molar-refractivity contribution in [1.29, 1.82) is 0 Å². The van der Waals surface area contributed by atoms with Crippen LogP contribution in [0.3, 0.4) is 0 Å². The summed E-state index contributed by atoms with van der Waals surface area (Å²) in [5.41, 5.74) is -0.0243. The highest BCUT2D eigenvalue weighted by molar-refractivity contribution is 6.42. The van der Waals surface area contributed by atoms with Gasteiger partial charge in [-0.2, -0.15) is 0 Å². The summed E-state index contributed by atoms with van der Waals surface area (Å²) in [6.45, 7) is 5.45. The number of benzene rings is 1. The van der Waals surface area contributed by atoms with E-state index in [1.165, 1.54) is 7.11 Å². The minimum Gasteiger partial charge on any atom is -0.468 e. The Balaban J connectivity index is 3.26. The zero-order chi connectivity index (χ0) is 13.1. The van der Waals surface area contributed by atoms with Crippen molar-refractivity contribution in [2.24, 2.45) is 0 Å². The number of rotatable bonds is 4. The van der Waals surface area contributed by atoms with Crippen LogP contribution in [0.1, 0.15) is 18.9 Å². The van der Waals surface area contributed by atoms with Gasteiger partial charge in [0.15, 0.2) is 0 Å². The van der Waals surface area contributed by atoms with Crippen LogP contribution in [0.2, 0.25) is 10.0 Å². The lowest BCUT2D eigenvalue weighted by atomic mass is 9.79. The number of allylic oxidation sites excluding steroid dienone is 1. The molecule has 1 atom stereocenters. The van der Waals surface area contributed by atoms with E-state index in [0.717, 1.165) is 5.56 Å². The average Bonchev–Trinajstić information content (AvgIpc) is 2.31. The molecule has 1 aromatic carbocycles. The molecule has 0 heterocycles. The molecule has 1 rings (SSSR count). The number of halogens is 2. The number of ether oxygens (including phenoxy) is 1. The van der Waals surface area contributed by atoms with Crippen LogP contribution in [0, 0.1) is 0 Å². The quantitative estimate of drug-likeness (QED) is 0.612. The highest BCUT2D eigenvalue weighted by Gasteiger charge is 2.35. The van der Waals surface area contributed by atoms with E-state index in [4.69, 9.17) is 27.9 Å². The molecule has 0 aliphatic rings. The van der Waals surface area contributed by atoms with Crippen LogP contribution in [0.5, 0.6) is 0 Å². The van der Waals surface area contributed by atoms with Gasteiger partial charge in [0.1, 0.15) is 0 Å². The van der Waals surface area contributed by atoms with Gasteiger partial charge >= 0.3 is 5.97 Å². The summed E-state index contributed by atoms with van der Waals surface area (Å²) in [6, 6.07) is 5.13. The van der Waals surface area contributed by atoms with E-state index < -0.39 is 5.41 Å². The molecule has 0 spiro atoms. The first kappa shape index (κ1) is 14.1.